The maximum absolute atomic E-state index is 12.3. The minimum Gasteiger partial charge on any atom is -0.321 e. The standard InChI is InChI=1S/C14H8Cl2N4O/c15-12-6-10(13(16)20-19-12)14(21)18-11-3-1-2-8-7-17-5-4-9(8)11/h1-7H,(H,18,21). The molecule has 5 nitrogen and oxygen atoms in total. The quantitative estimate of drug-likeness (QED) is 0.784. The molecule has 104 valence electrons. The molecule has 0 bridgehead atoms. The number of pyridine rings is 1. The van der Waals surface area contributed by atoms with Crippen molar-refractivity contribution in [1.82, 2.24) is 15.2 Å². The number of fused-ring (bicyclic) bond motifs is 1. The first-order valence-corrected chi connectivity index (χ1v) is 6.73. The molecular weight excluding hydrogens is 311 g/mol. The highest BCUT2D eigenvalue weighted by atomic mass is 35.5. The minimum absolute atomic E-state index is 0.00111. The summed E-state index contributed by atoms with van der Waals surface area (Å²) in [5.74, 6) is -0.402. The molecule has 0 aliphatic carbocycles. The van der Waals surface area contributed by atoms with Crippen molar-refractivity contribution in [2.24, 2.45) is 0 Å². The number of anilines is 1. The van der Waals surface area contributed by atoms with Crippen LogP contribution in [0.5, 0.6) is 0 Å². The molecule has 0 radical (unpaired) electrons. The molecule has 2 aromatic heterocycles. The van der Waals surface area contributed by atoms with Gasteiger partial charge in [0.15, 0.2) is 10.3 Å². The summed E-state index contributed by atoms with van der Waals surface area (Å²) in [4.78, 5) is 16.3. The van der Waals surface area contributed by atoms with Gasteiger partial charge in [0.2, 0.25) is 0 Å². The Hall–Kier alpha value is -2.24. The normalized spacial score (nSPS) is 10.6. The molecule has 0 saturated carbocycles. The van der Waals surface area contributed by atoms with Crippen LogP contribution < -0.4 is 5.32 Å². The molecule has 1 amide bonds. The second-order valence-corrected chi connectivity index (χ2v) is 4.97. The molecule has 21 heavy (non-hydrogen) atoms. The molecule has 0 saturated heterocycles. The van der Waals surface area contributed by atoms with E-state index in [1.165, 1.54) is 6.07 Å². The highest BCUT2D eigenvalue weighted by Crippen LogP contribution is 2.24. The average Bonchev–Trinajstić information content (AvgIpc) is 2.50. The first-order valence-electron chi connectivity index (χ1n) is 5.98. The number of nitrogens with one attached hydrogen (secondary N) is 1. The topological polar surface area (TPSA) is 67.8 Å². The lowest BCUT2D eigenvalue weighted by molar-refractivity contribution is 0.102. The summed E-state index contributed by atoms with van der Waals surface area (Å²) >= 11 is 11.6. The monoisotopic (exact) mass is 318 g/mol. The van der Waals surface area contributed by atoms with E-state index in [0.29, 0.717) is 5.69 Å². The van der Waals surface area contributed by atoms with Gasteiger partial charge in [0.25, 0.3) is 5.91 Å². The number of rotatable bonds is 2. The summed E-state index contributed by atoms with van der Waals surface area (Å²) < 4.78 is 0. The number of halogens is 2. The molecule has 7 heteroatoms. The van der Waals surface area contributed by atoms with Crippen molar-refractivity contribution >= 4 is 45.6 Å². The Morgan fingerprint density at radius 3 is 2.86 bits per heavy atom. The van der Waals surface area contributed by atoms with Gasteiger partial charge in [0.1, 0.15) is 0 Å². The molecule has 3 aromatic rings. The van der Waals surface area contributed by atoms with E-state index >= 15 is 0 Å². The third-order valence-electron chi connectivity index (χ3n) is 2.89. The summed E-state index contributed by atoms with van der Waals surface area (Å²) in [6, 6.07) is 8.74. The van der Waals surface area contributed by atoms with Crippen LogP contribution in [0, 0.1) is 0 Å². The molecule has 0 atom stereocenters. The van der Waals surface area contributed by atoms with Crippen LogP contribution >= 0.6 is 23.2 Å². The van der Waals surface area contributed by atoms with E-state index in [9.17, 15) is 4.79 Å². The van der Waals surface area contributed by atoms with Crippen LogP contribution in [-0.4, -0.2) is 21.1 Å². The van der Waals surface area contributed by atoms with Gasteiger partial charge in [0.05, 0.1) is 5.56 Å². The predicted octanol–water partition coefficient (Wildman–Crippen LogP) is 3.58. The van der Waals surface area contributed by atoms with E-state index in [0.717, 1.165) is 10.8 Å². The molecule has 3 rings (SSSR count). The summed E-state index contributed by atoms with van der Waals surface area (Å²) in [5.41, 5.74) is 0.826. The first kappa shape index (κ1) is 13.7. The summed E-state index contributed by atoms with van der Waals surface area (Å²) in [7, 11) is 0. The molecule has 0 aliphatic heterocycles. The summed E-state index contributed by atoms with van der Waals surface area (Å²) in [5, 5.41) is 11.9. The first-order chi connectivity index (χ1) is 10.1. The van der Waals surface area contributed by atoms with Crippen LogP contribution in [0.2, 0.25) is 10.3 Å². The number of amides is 1. The SMILES string of the molecule is O=C(Nc1cccc2cnccc12)c1cc(Cl)nnc1Cl. The number of nitrogens with zero attached hydrogens (tertiary/aromatic N) is 3. The van der Waals surface area contributed by atoms with E-state index in [1.807, 2.05) is 18.2 Å². The van der Waals surface area contributed by atoms with Gasteiger partial charge in [-0.3, -0.25) is 9.78 Å². The lowest BCUT2D eigenvalue weighted by atomic mass is 10.1. The number of benzene rings is 1. The minimum atomic E-state index is -0.402. The third-order valence-corrected chi connectivity index (χ3v) is 3.36. The fourth-order valence-electron chi connectivity index (χ4n) is 1.93. The maximum Gasteiger partial charge on any atom is 0.258 e. The van der Waals surface area contributed by atoms with Crippen LogP contribution in [0.1, 0.15) is 10.4 Å². The Labute approximate surface area is 129 Å². The van der Waals surface area contributed by atoms with E-state index in [1.54, 1.807) is 18.5 Å². The zero-order chi connectivity index (χ0) is 14.8. The van der Waals surface area contributed by atoms with Crippen molar-refractivity contribution in [3.05, 3.63) is 58.6 Å². The lowest BCUT2D eigenvalue weighted by Gasteiger charge is -2.09. The number of carbonyl (C=O) groups excluding carboxylic acids is 1. The van der Waals surface area contributed by atoms with Crippen LogP contribution in [-0.2, 0) is 0 Å². The zero-order valence-electron chi connectivity index (χ0n) is 10.5. The van der Waals surface area contributed by atoms with Gasteiger partial charge < -0.3 is 5.32 Å². The molecule has 0 aliphatic rings. The Morgan fingerprint density at radius 1 is 1.14 bits per heavy atom. The van der Waals surface area contributed by atoms with Crippen LogP contribution in [0.3, 0.4) is 0 Å². The fourth-order valence-corrected chi connectivity index (χ4v) is 2.26. The second kappa shape index (κ2) is 5.63. The summed E-state index contributed by atoms with van der Waals surface area (Å²) in [6.07, 6.45) is 3.39. The van der Waals surface area contributed by atoms with Crippen molar-refractivity contribution in [3.63, 3.8) is 0 Å². The fraction of sp³-hybridized carbons (Fsp3) is 0. The van der Waals surface area contributed by atoms with E-state index < -0.39 is 5.91 Å². The van der Waals surface area contributed by atoms with Gasteiger partial charge >= 0.3 is 0 Å². The number of carbonyl (C=O) groups is 1. The molecule has 0 spiro atoms. The Bertz CT molecular complexity index is 833. The van der Waals surface area contributed by atoms with Crippen LogP contribution in [0.25, 0.3) is 10.8 Å². The van der Waals surface area contributed by atoms with Crippen molar-refractivity contribution < 1.29 is 4.79 Å². The smallest absolute Gasteiger partial charge is 0.258 e. The number of hydrogen-bond acceptors (Lipinski definition) is 4. The number of aromatic nitrogens is 3. The molecule has 2 heterocycles. The third kappa shape index (κ3) is 2.79. The highest BCUT2D eigenvalue weighted by molar-refractivity contribution is 6.34. The summed E-state index contributed by atoms with van der Waals surface area (Å²) in [6.45, 7) is 0. The molecular formula is C14H8Cl2N4O. The molecule has 1 N–H and O–H groups in total. The zero-order valence-corrected chi connectivity index (χ0v) is 12.1. The molecule has 0 fully saturated rings. The maximum atomic E-state index is 12.3. The lowest BCUT2D eigenvalue weighted by Crippen LogP contribution is -2.13. The van der Waals surface area contributed by atoms with Gasteiger partial charge in [-0.25, -0.2) is 0 Å². The van der Waals surface area contributed by atoms with E-state index in [-0.39, 0.29) is 15.9 Å². The average molecular weight is 319 g/mol. The predicted molar refractivity (Wildman–Crippen MR) is 81.7 cm³/mol. The molecule has 0 unspecified atom stereocenters. The van der Waals surface area contributed by atoms with Crippen molar-refractivity contribution in [2.45, 2.75) is 0 Å². The van der Waals surface area contributed by atoms with E-state index in [2.05, 4.69) is 20.5 Å². The second-order valence-electron chi connectivity index (χ2n) is 4.23. The van der Waals surface area contributed by atoms with Gasteiger partial charge in [-0.05, 0) is 18.2 Å². The van der Waals surface area contributed by atoms with Gasteiger partial charge in [-0.2, -0.15) is 0 Å². The van der Waals surface area contributed by atoms with Crippen molar-refractivity contribution in [3.8, 4) is 0 Å². The van der Waals surface area contributed by atoms with Crippen LogP contribution in [0.15, 0.2) is 42.7 Å². The number of hydrogen-bond donors (Lipinski definition) is 1. The largest absolute Gasteiger partial charge is 0.321 e. The van der Waals surface area contributed by atoms with Gasteiger partial charge in [-0.15, -0.1) is 10.2 Å². The van der Waals surface area contributed by atoms with Gasteiger partial charge in [-0.1, -0.05) is 35.3 Å². The van der Waals surface area contributed by atoms with Gasteiger partial charge in [0, 0.05) is 28.9 Å². The van der Waals surface area contributed by atoms with E-state index in [4.69, 9.17) is 23.2 Å². The highest BCUT2D eigenvalue weighted by Gasteiger charge is 2.14. The Kier molecular flexibility index (Phi) is 3.68. The van der Waals surface area contributed by atoms with Crippen molar-refractivity contribution in [2.75, 3.05) is 5.32 Å². The van der Waals surface area contributed by atoms with Crippen LogP contribution in [0.4, 0.5) is 5.69 Å². The Morgan fingerprint density at radius 2 is 2.00 bits per heavy atom. The van der Waals surface area contributed by atoms with Crippen molar-refractivity contribution in [1.29, 1.82) is 0 Å². The Balaban J connectivity index is 1.99. The molecule has 1 aromatic carbocycles.